The summed E-state index contributed by atoms with van der Waals surface area (Å²) in [6, 6.07) is 7.43. The number of amides is 1. The molecule has 4 nitrogen and oxygen atoms in total. The second-order valence-corrected chi connectivity index (χ2v) is 9.62. The molecule has 0 bridgehead atoms. The number of hydrogen-bond acceptors (Lipinski definition) is 5. The Balaban J connectivity index is 1.58. The summed E-state index contributed by atoms with van der Waals surface area (Å²) in [7, 11) is 0. The molecule has 1 aromatic carbocycles. The van der Waals surface area contributed by atoms with Crippen LogP contribution in [0.5, 0.6) is 5.75 Å². The molecule has 4 rings (SSSR count). The molecule has 1 amide bonds. The Bertz CT molecular complexity index is 807. The lowest BCUT2D eigenvalue weighted by atomic mass is 9.94. The van der Waals surface area contributed by atoms with Crippen LogP contribution in [0.4, 0.5) is 5.69 Å². The summed E-state index contributed by atoms with van der Waals surface area (Å²) in [6.45, 7) is 4.60. The quantitative estimate of drug-likeness (QED) is 0.778. The van der Waals surface area contributed by atoms with Gasteiger partial charge < -0.3 is 14.5 Å². The number of carbonyl (C=O) groups excluding carboxylic acids is 1. The molecule has 2 heterocycles. The normalized spacial score (nSPS) is 17.9. The third-order valence-electron chi connectivity index (χ3n) is 4.89. The number of furan rings is 1. The fraction of sp³-hybridized carbons (Fsp3) is 0.450. The smallest absolute Gasteiger partial charge is 0.291 e. The van der Waals surface area contributed by atoms with Crippen molar-refractivity contribution >= 4 is 35.1 Å². The Morgan fingerprint density at radius 2 is 2.00 bits per heavy atom. The van der Waals surface area contributed by atoms with Gasteiger partial charge in [0.25, 0.3) is 5.91 Å². The van der Waals surface area contributed by atoms with E-state index in [1.807, 2.05) is 61.6 Å². The van der Waals surface area contributed by atoms with E-state index in [2.05, 4.69) is 5.32 Å². The van der Waals surface area contributed by atoms with E-state index in [0.717, 1.165) is 42.0 Å². The van der Waals surface area contributed by atoms with Crippen molar-refractivity contribution < 1.29 is 13.9 Å². The van der Waals surface area contributed by atoms with Crippen molar-refractivity contribution in [2.24, 2.45) is 0 Å². The zero-order valence-electron chi connectivity index (χ0n) is 15.1. The molecule has 138 valence electrons. The maximum atomic E-state index is 12.8. The maximum Gasteiger partial charge on any atom is 0.291 e. The molecule has 1 aliphatic carbocycles. The van der Waals surface area contributed by atoms with Crippen LogP contribution in [-0.2, 0) is 10.5 Å². The fourth-order valence-electron chi connectivity index (χ4n) is 3.80. The topological polar surface area (TPSA) is 51.5 Å². The lowest BCUT2D eigenvalue weighted by molar-refractivity contribution is 0.0994. The van der Waals surface area contributed by atoms with E-state index < -0.39 is 0 Å². The minimum atomic E-state index is -0.177. The van der Waals surface area contributed by atoms with E-state index in [1.165, 1.54) is 17.1 Å². The Kier molecular flexibility index (Phi) is 4.97. The van der Waals surface area contributed by atoms with Crippen molar-refractivity contribution in [3.05, 3.63) is 46.9 Å². The molecule has 1 saturated heterocycles. The first-order valence-electron chi connectivity index (χ1n) is 9.08. The van der Waals surface area contributed by atoms with Crippen LogP contribution in [0.15, 0.2) is 28.7 Å². The van der Waals surface area contributed by atoms with Crippen LogP contribution in [0, 0.1) is 6.92 Å². The maximum absolute atomic E-state index is 12.8. The van der Waals surface area contributed by atoms with E-state index in [4.69, 9.17) is 9.15 Å². The summed E-state index contributed by atoms with van der Waals surface area (Å²) in [6.07, 6.45) is 3.21. The number of nitrogens with one attached hydrogen (secondary N) is 1. The van der Waals surface area contributed by atoms with Crippen molar-refractivity contribution in [3.63, 3.8) is 0 Å². The molecule has 2 aromatic rings. The van der Waals surface area contributed by atoms with Crippen LogP contribution in [0.3, 0.4) is 0 Å². The van der Waals surface area contributed by atoms with Gasteiger partial charge in [0, 0.05) is 34.7 Å². The number of fused-ring (bicyclic) bond motifs is 2. The average molecular weight is 390 g/mol. The largest absolute Gasteiger partial charge is 0.494 e. The SMILES string of the molecule is CCOc1ccc(NC(=O)c2oc3c(c2C)C2(CCC3)SCCS2)cc1. The van der Waals surface area contributed by atoms with Gasteiger partial charge in [-0.2, -0.15) is 0 Å². The molecule has 6 heteroatoms. The number of rotatable bonds is 4. The van der Waals surface area contributed by atoms with Gasteiger partial charge in [-0.1, -0.05) is 0 Å². The van der Waals surface area contributed by atoms with E-state index in [9.17, 15) is 4.79 Å². The lowest BCUT2D eigenvalue weighted by Crippen LogP contribution is -2.21. The molecule has 0 radical (unpaired) electrons. The van der Waals surface area contributed by atoms with Crippen molar-refractivity contribution in [1.29, 1.82) is 0 Å². The number of thioether (sulfide) groups is 2. The molecule has 1 aliphatic heterocycles. The van der Waals surface area contributed by atoms with E-state index in [-0.39, 0.29) is 9.99 Å². The summed E-state index contributed by atoms with van der Waals surface area (Å²) < 4.78 is 11.6. The third-order valence-corrected chi connectivity index (χ3v) is 8.42. The standard InChI is InChI=1S/C20H23NO3S2/c1-3-23-15-8-6-14(7-9-15)21-19(22)18-13(2)17-16(24-18)5-4-10-20(17)25-11-12-26-20/h6-9H,3-5,10-12H2,1-2H3,(H,21,22). The van der Waals surface area contributed by atoms with Gasteiger partial charge in [-0.3, -0.25) is 4.79 Å². The van der Waals surface area contributed by atoms with Crippen LogP contribution in [-0.4, -0.2) is 24.0 Å². The van der Waals surface area contributed by atoms with Crippen LogP contribution < -0.4 is 10.1 Å². The molecule has 1 spiro atoms. The van der Waals surface area contributed by atoms with Crippen LogP contribution in [0.1, 0.15) is 47.2 Å². The summed E-state index contributed by atoms with van der Waals surface area (Å²) in [4.78, 5) is 12.8. The van der Waals surface area contributed by atoms with Gasteiger partial charge in [-0.15, -0.1) is 23.5 Å². The molecule has 1 N–H and O–H groups in total. The second kappa shape index (κ2) is 7.24. The zero-order valence-corrected chi connectivity index (χ0v) is 16.7. The summed E-state index contributed by atoms with van der Waals surface area (Å²) >= 11 is 4.03. The Labute approximate surface area is 162 Å². The Hall–Kier alpha value is -1.53. The van der Waals surface area contributed by atoms with Crippen molar-refractivity contribution in [3.8, 4) is 5.75 Å². The van der Waals surface area contributed by atoms with Crippen molar-refractivity contribution in [1.82, 2.24) is 0 Å². The molecule has 26 heavy (non-hydrogen) atoms. The predicted octanol–water partition coefficient (Wildman–Crippen LogP) is 5.21. The Morgan fingerprint density at radius 1 is 1.27 bits per heavy atom. The van der Waals surface area contributed by atoms with Gasteiger partial charge in [0.2, 0.25) is 0 Å². The summed E-state index contributed by atoms with van der Waals surface area (Å²) in [5.74, 6) is 4.42. The lowest BCUT2D eigenvalue weighted by Gasteiger charge is -2.31. The van der Waals surface area contributed by atoms with Gasteiger partial charge in [0.15, 0.2) is 5.76 Å². The van der Waals surface area contributed by atoms with Gasteiger partial charge in [0.1, 0.15) is 11.5 Å². The van der Waals surface area contributed by atoms with Gasteiger partial charge >= 0.3 is 0 Å². The third kappa shape index (κ3) is 3.14. The molecule has 0 saturated carbocycles. The minimum absolute atomic E-state index is 0.0961. The minimum Gasteiger partial charge on any atom is -0.494 e. The molecule has 0 atom stereocenters. The molecular formula is C20H23NO3S2. The molecule has 2 aliphatic rings. The molecular weight excluding hydrogens is 366 g/mol. The van der Waals surface area contributed by atoms with Crippen LogP contribution >= 0.6 is 23.5 Å². The predicted molar refractivity (Wildman–Crippen MR) is 109 cm³/mol. The first-order valence-corrected chi connectivity index (χ1v) is 11.0. The number of ether oxygens (including phenoxy) is 1. The number of hydrogen-bond donors (Lipinski definition) is 1. The second-order valence-electron chi connectivity index (χ2n) is 6.57. The van der Waals surface area contributed by atoms with Gasteiger partial charge in [-0.25, -0.2) is 0 Å². The van der Waals surface area contributed by atoms with Crippen LogP contribution in [0.25, 0.3) is 0 Å². The number of benzene rings is 1. The monoisotopic (exact) mass is 389 g/mol. The van der Waals surface area contributed by atoms with Crippen LogP contribution in [0.2, 0.25) is 0 Å². The highest BCUT2D eigenvalue weighted by atomic mass is 32.2. The van der Waals surface area contributed by atoms with E-state index in [0.29, 0.717) is 12.4 Å². The first kappa shape index (κ1) is 17.9. The zero-order chi connectivity index (χ0) is 18.1. The molecule has 0 unspecified atom stereocenters. The molecule has 1 fully saturated rings. The van der Waals surface area contributed by atoms with E-state index in [1.54, 1.807) is 0 Å². The van der Waals surface area contributed by atoms with Crippen molar-refractivity contribution in [2.75, 3.05) is 23.4 Å². The highest BCUT2D eigenvalue weighted by molar-refractivity contribution is 8.20. The number of carbonyl (C=O) groups is 1. The number of anilines is 1. The van der Waals surface area contributed by atoms with E-state index >= 15 is 0 Å². The summed E-state index contributed by atoms with van der Waals surface area (Å²) in [5.41, 5.74) is 3.02. The highest BCUT2D eigenvalue weighted by Gasteiger charge is 2.45. The Morgan fingerprint density at radius 3 is 2.69 bits per heavy atom. The number of aryl methyl sites for hydroxylation is 1. The van der Waals surface area contributed by atoms with Crippen molar-refractivity contribution in [2.45, 2.75) is 37.2 Å². The average Bonchev–Trinajstić information content (AvgIpc) is 3.23. The molecule has 1 aromatic heterocycles. The fourth-order valence-corrected chi connectivity index (χ4v) is 7.36. The van der Waals surface area contributed by atoms with Gasteiger partial charge in [0.05, 0.1) is 10.7 Å². The summed E-state index contributed by atoms with van der Waals surface area (Å²) in [5, 5.41) is 2.95. The first-order chi connectivity index (χ1) is 12.6. The highest BCUT2D eigenvalue weighted by Crippen LogP contribution is 2.59. The van der Waals surface area contributed by atoms with Gasteiger partial charge in [-0.05, 0) is 51.0 Å².